The summed E-state index contributed by atoms with van der Waals surface area (Å²) in [7, 11) is 0. The Labute approximate surface area is 215 Å². The number of benzene rings is 1. The van der Waals surface area contributed by atoms with E-state index in [0.29, 0.717) is 26.3 Å². The third-order valence-corrected chi connectivity index (χ3v) is 8.20. The first-order valence-corrected chi connectivity index (χ1v) is 12.9. The molecule has 2 aromatic rings. The normalized spacial score (nSPS) is 11.0. The average Bonchev–Trinajstić information content (AvgIpc) is 2.92. The van der Waals surface area contributed by atoms with Crippen LogP contribution in [0.2, 0.25) is 10.2 Å². The van der Waals surface area contributed by atoms with Crippen LogP contribution in [0.15, 0.2) is 24.3 Å². The van der Waals surface area contributed by atoms with Crippen molar-refractivity contribution in [3.63, 3.8) is 0 Å². The van der Waals surface area contributed by atoms with Crippen LogP contribution in [0.25, 0.3) is 0 Å². The molecule has 0 N–H and O–H groups in total. The number of hydrogen-bond donors (Lipinski definition) is 0. The van der Waals surface area contributed by atoms with Crippen LogP contribution in [-0.4, -0.2) is 14.5 Å². The summed E-state index contributed by atoms with van der Waals surface area (Å²) < 4.78 is 7.61. The Kier molecular flexibility index (Phi) is 11.5. The molecule has 0 aliphatic heterocycles. The van der Waals surface area contributed by atoms with E-state index in [1.54, 1.807) is 24.3 Å². The summed E-state index contributed by atoms with van der Waals surface area (Å²) in [5.74, 6) is -0.359. The summed E-state index contributed by atoms with van der Waals surface area (Å²) in [6.45, 7) is 2.21. The molecule has 0 bridgehead atoms. The molecule has 2 rings (SSSR count). The van der Waals surface area contributed by atoms with Crippen LogP contribution >= 0.6 is 68.7 Å². The van der Waals surface area contributed by atoms with Crippen LogP contribution in [0.1, 0.15) is 80.8 Å². The number of hydrogen-bond acceptors (Lipinski definition) is 3. The molecule has 0 unspecified atom stereocenters. The highest BCUT2D eigenvalue weighted by molar-refractivity contribution is 14.1. The summed E-state index contributed by atoms with van der Waals surface area (Å²) in [6.07, 6.45) is 9.60. The molecule has 0 aliphatic carbocycles. The van der Waals surface area contributed by atoms with Crippen molar-refractivity contribution in [2.45, 2.75) is 64.7 Å². The van der Waals surface area contributed by atoms with Gasteiger partial charge in [-0.05, 0) is 41.1 Å². The minimum absolute atomic E-state index is 0.257. The monoisotopic (exact) mass is 675 g/mol. The number of unbranched alkanes of at least 4 members (excludes halogenated alkanes) is 7. The Morgan fingerprint density at radius 2 is 1.60 bits per heavy atom. The van der Waals surface area contributed by atoms with Gasteiger partial charge in [0.1, 0.15) is 16.6 Å². The highest BCUT2D eigenvalue weighted by atomic mass is 127. The fourth-order valence-electron chi connectivity index (χ4n) is 3.10. The number of esters is 1. The standard InChI is InChI=1S/C22H25Cl2I2NO3/c1-2-3-4-5-6-7-8-9-14-17(28)30-16-13-11-10-12-15(16)21(29)20-19(25)18(23)22(24)27(20)26/h10-13H,2-9,14H2,1H3. The number of nitrogens with zero attached hydrogens (tertiary/aromatic N) is 1. The molecule has 0 atom stereocenters. The summed E-state index contributed by atoms with van der Waals surface area (Å²) >= 11 is 16.3. The van der Waals surface area contributed by atoms with Crippen LogP contribution in [0.5, 0.6) is 5.75 Å². The Balaban J connectivity index is 1.95. The number of para-hydroxylation sites is 1. The molecule has 30 heavy (non-hydrogen) atoms. The Bertz CT molecular complexity index is 858. The molecule has 0 saturated heterocycles. The largest absolute Gasteiger partial charge is 0.426 e. The Morgan fingerprint density at radius 1 is 1.00 bits per heavy atom. The fourth-order valence-corrected chi connectivity index (χ4v) is 5.66. The van der Waals surface area contributed by atoms with Gasteiger partial charge in [-0.25, -0.2) is 0 Å². The highest BCUT2D eigenvalue weighted by Crippen LogP contribution is 2.37. The second kappa shape index (κ2) is 13.3. The number of carbonyl (C=O) groups excluding carboxylic acids is 2. The molecule has 164 valence electrons. The van der Waals surface area contributed by atoms with Gasteiger partial charge in [0.2, 0.25) is 5.78 Å². The summed E-state index contributed by atoms with van der Waals surface area (Å²) in [5.41, 5.74) is 0.668. The second-order valence-corrected chi connectivity index (χ2v) is 9.85. The van der Waals surface area contributed by atoms with Gasteiger partial charge in [-0.1, -0.05) is 87.2 Å². The summed E-state index contributed by atoms with van der Waals surface area (Å²) in [6, 6.07) is 6.75. The third kappa shape index (κ3) is 7.10. The number of ether oxygens (including phenoxy) is 1. The van der Waals surface area contributed by atoms with Crippen LogP contribution in [0, 0.1) is 3.57 Å². The molecule has 0 fully saturated rings. The summed E-state index contributed by atoms with van der Waals surface area (Å²) in [4.78, 5) is 25.4. The zero-order chi connectivity index (χ0) is 22.1. The number of aromatic nitrogens is 1. The molecule has 0 aliphatic rings. The van der Waals surface area contributed by atoms with Crippen molar-refractivity contribution in [3.05, 3.63) is 49.3 Å². The minimum atomic E-state index is -0.322. The van der Waals surface area contributed by atoms with Gasteiger partial charge in [0.15, 0.2) is 0 Å². The van der Waals surface area contributed by atoms with Crippen LogP contribution < -0.4 is 4.74 Å². The molecule has 1 heterocycles. The smallest absolute Gasteiger partial charge is 0.311 e. The lowest BCUT2D eigenvalue weighted by Gasteiger charge is -2.10. The molecule has 1 aromatic carbocycles. The maximum atomic E-state index is 13.1. The predicted octanol–water partition coefficient (Wildman–Crippen LogP) is 8.26. The Hall–Kier alpha value is -0.320. The molecular formula is C22H25Cl2I2NO3. The van der Waals surface area contributed by atoms with Crippen molar-refractivity contribution in [1.29, 1.82) is 0 Å². The number of ketones is 1. The van der Waals surface area contributed by atoms with E-state index in [9.17, 15) is 9.59 Å². The number of halogens is 4. The Morgan fingerprint density at radius 3 is 2.20 bits per heavy atom. The number of rotatable bonds is 12. The zero-order valence-electron chi connectivity index (χ0n) is 16.9. The van der Waals surface area contributed by atoms with Gasteiger partial charge in [0, 0.05) is 6.42 Å². The van der Waals surface area contributed by atoms with Gasteiger partial charge in [-0.15, -0.1) is 0 Å². The first-order valence-electron chi connectivity index (χ1n) is 10.1. The SMILES string of the molecule is CCCCCCCCCCC(=O)Oc1ccccc1C(=O)c1c(I)c(Cl)c(Cl)n1I. The molecule has 1 aromatic heterocycles. The quantitative estimate of drug-likeness (QED) is 0.0749. The van der Waals surface area contributed by atoms with Crippen molar-refractivity contribution in [3.8, 4) is 5.75 Å². The summed E-state index contributed by atoms with van der Waals surface area (Å²) in [5, 5.41) is 0.619. The second-order valence-electron chi connectivity index (χ2n) is 7.07. The van der Waals surface area contributed by atoms with E-state index in [4.69, 9.17) is 27.9 Å². The van der Waals surface area contributed by atoms with Gasteiger partial charge in [0.25, 0.3) is 0 Å². The van der Waals surface area contributed by atoms with Gasteiger partial charge in [-0.3, -0.25) is 12.4 Å². The molecule has 0 radical (unpaired) electrons. The van der Waals surface area contributed by atoms with E-state index < -0.39 is 0 Å². The van der Waals surface area contributed by atoms with Crippen LogP contribution in [0.4, 0.5) is 0 Å². The van der Waals surface area contributed by atoms with Gasteiger partial charge in [-0.2, -0.15) is 0 Å². The minimum Gasteiger partial charge on any atom is -0.426 e. The first kappa shape index (κ1) is 25.9. The van der Waals surface area contributed by atoms with E-state index in [1.165, 1.54) is 34.9 Å². The van der Waals surface area contributed by atoms with Crippen molar-refractivity contribution in [2.75, 3.05) is 0 Å². The lowest BCUT2D eigenvalue weighted by molar-refractivity contribution is -0.134. The maximum absolute atomic E-state index is 13.1. The molecule has 0 amide bonds. The van der Waals surface area contributed by atoms with E-state index in [2.05, 4.69) is 6.92 Å². The van der Waals surface area contributed by atoms with Gasteiger partial charge >= 0.3 is 5.97 Å². The van der Waals surface area contributed by atoms with E-state index in [0.717, 1.165) is 19.3 Å². The average molecular weight is 676 g/mol. The fraction of sp³-hybridized carbons (Fsp3) is 0.455. The maximum Gasteiger partial charge on any atom is 0.311 e. The lowest BCUT2D eigenvalue weighted by atomic mass is 10.1. The van der Waals surface area contributed by atoms with Crippen molar-refractivity contribution >= 4 is 80.4 Å². The third-order valence-electron chi connectivity index (χ3n) is 4.76. The van der Waals surface area contributed by atoms with Crippen LogP contribution in [0.3, 0.4) is 0 Å². The van der Waals surface area contributed by atoms with Crippen molar-refractivity contribution in [2.24, 2.45) is 0 Å². The molecular weight excluding hydrogens is 651 g/mol. The molecule has 8 heteroatoms. The zero-order valence-corrected chi connectivity index (χ0v) is 22.7. The van der Waals surface area contributed by atoms with Crippen molar-refractivity contribution in [1.82, 2.24) is 2.78 Å². The van der Waals surface area contributed by atoms with E-state index in [-0.39, 0.29) is 22.7 Å². The molecule has 0 spiro atoms. The van der Waals surface area contributed by atoms with Gasteiger partial charge in [0.05, 0.1) is 37.0 Å². The van der Waals surface area contributed by atoms with Crippen LogP contribution in [-0.2, 0) is 4.79 Å². The highest BCUT2D eigenvalue weighted by Gasteiger charge is 2.26. The molecule has 4 nitrogen and oxygen atoms in total. The topological polar surface area (TPSA) is 48.3 Å². The predicted molar refractivity (Wildman–Crippen MR) is 139 cm³/mol. The van der Waals surface area contributed by atoms with Gasteiger partial charge < -0.3 is 4.74 Å². The number of carbonyl (C=O) groups is 2. The first-order chi connectivity index (χ1) is 14.4. The van der Waals surface area contributed by atoms with E-state index >= 15 is 0 Å². The van der Waals surface area contributed by atoms with E-state index in [1.807, 2.05) is 45.5 Å². The molecule has 0 saturated carbocycles. The lowest BCUT2D eigenvalue weighted by Crippen LogP contribution is -2.13. The van der Waals surface area contributed by atoms with Crippen molar-refractivity contribution < 1.29 is 14.3 Å².